The number of halogens is 1. The monoisotopic (exact) mass is 507 g/mol. The molecule has 0 radical (unpaired) electrons. The van der Waals surface area contributed by atoms with Crippen molar-refractivity contribution in [2.45, 2.75) is 69.2 Å². The molecule has 1 aromatic rings. The number of carbonyl (C=O) groups excluding carboxylic acids is 4. The van der Waals surface area contributed by atoms with Crippen LogP contribution in [-0.2, 0) is 42.4 Å². The molecule has 4 amide bonds. The lowest BCUT2D eigenvalue weighted by atomic mass is 9.83. The number of rotatable bonds is 6. The second-order valence-electron chi connectivity index (χ2n) is 10.3. The van der Waals surface area contributed by atoms with Crippen LogP contribution in [0.25, 0.3) is 0 Å². The van der Waals surface area contributed by atoms with Gasteiger partial charge >= 0.3 is 6.03 Å². The fourth-order valence-electron chi connectivity index (χ4n) is 4.94. The van der Waals surface area contributed by atoms with Crippen molar-refractivity contribution in [1.29, 1.82) is 0 Å². The molecule has 1 unspecified atom stereocenters. The Bertz CT molecular complexity index is 1050. The molecule has 190 valence electrons. The van der Waals surface area contributed by atoms with E-state index >= 15 is 0 Å². The molecule has 0 saturated carbocycles. The molecule has 11 heteroatoms. The van der Waals surface area contributed by atoms with E-state index in [0.717, 1.165) is 4.90 Å². The van der Waals surface area contributed by atoms with Crippen molar-refractivity contribution in [1.82, 2.24) is 14.9 Å². The Morgan fingerprint density at radius 2 is 1.97 bits per heavy atom. The number of Topliss-reactive ketones (excluding diaryl/α,β-unsaturated/α-hetero) is 1. The fourth-order valence-corrected chi connectivity index (χ4v) is 5.88. The molecular weight excluding hydrogens is 477 g/mol. The Hall–Kier alpha value is -2.34. The SMILES string of the molecule is CC(C)(C)[S@+]([O-])N[C@@]1(CC(=O)C2C(=O)NC(=O)N(C3CCOCC3)C2=O)CCc2cc(F)ccc21. The van der Waals surface area contributed by atoms with Crippen LogP contribution in [0.3, 0.4) is 0 Å². The topological polar surface area (TPSA) is 128 Å². The molecule has 1 aliphatic carbocycles. The van der Waals surface area contributed by atoms with Crippen molar-refractivity contribution in [3.63, 3.8) is 0 Å². The van der Waals surface area contributed by atoms with Crippen LogP contribution in [0.4, 0.5) is 9.18 Å². The number of imide groups is 2. The summed E-state index contributed by atoms with van der Waals surface area (Å²) in [6.07, 6.45) is 1.30. The first-order valence-electron chi connectivity index (χ1n) is 11.7. The van der Waals surface area contributed by atoms with E-state index in [1.165, 1.54) is 12.1 Å². The number of amides is 4. The number of nitrogens with zero attached hydrogens (tertiary/aromatic N) is 1. The minimum atomic E-state index is -1.69. The zero-order valence-electron chi connectivity index (χ0n) is 20.0. The van der Waals surface area contributed by atoms with Crippen LogP contribution in [0, 0.1) is 11.7 Å². The first-order chi connectivity index (χ1) is 16.4. The molecule has 0 spiro atoms. The van der Waals surface area contributed by atoms with Crippen molar-refractivity contribution in [3.8, 4) is 0 Å². The standard InChI is InChI=1S/C24H30FN3O6S/c1-23(2,3)35(33)27-24(9-6-14-12-15(25)4-5-17(14)24)13-18(29)19-20(30)26-22(32)28(21(19)31)16-7-10-34-11-8-16/h4-5,12,16,19,27H,6-11,13H2,1-3H3,(H,26,30,32)/t19?,24-,35+/m1/s1. The number of ether oxygens (including phenoxy) is 1. The van der Waals surface area contributed by atoms with Crippen molar-refractivity contribution >= 4 is 35.0 Å². The van der Waals surface area contributed by atoms with Crippen LogP contribution >= 0.6 is 0 Å². The third-order valence-electron chi connectivity index (χ3n) is 6.80. The molecule has 2 heterocycles. The highest BCUT2D eigenvalue weighted by atomic mass is 32.2. The quantitative estimate of drug-likeness (QED) is 0.444. The van der Waals surface area contributed by atoms with Gasteiger partial charge in [0.25, 0.3) is 5.91 Å². The van der Waals surface area contributed by atoms with Gasteiger partial charge in [0.1, 0.15) is 10.6 Å². The van der Waals surface area contributed by atoms with Gasteiger partial charge in [-0.2, -0.15) is 0 Å². The number of ketones is 1. The summed E-state index contributed by atoms with van der Waals surface area (Å²) in [5, 5.41) is 2.15. The van der Waals surface area contributed by atoms with Crippen LogP contribution in [0.2, 0.25) is 0 Å². The van der Waals surface area contributed by atoms with E-state index in [9.17, 15) is 28.1 Å². The molecule has 2 aliphatic heterocycles. The minimum absolute atomic E-state index is 0.312. The summed E-state index contributed by atoms with van der Waals surface area (Å²) >= 11 is -1.59. The lowest BCUT2D eigenvalue weighted by Gasteiger charge is -2.38. The van der Waals surface area contributed by atoms with Gasteiger partial charge in [0.2, 0.25) is 5.91 Å². The van der Waals surface area contributed by atoms with E-state index in [0.29, 0.717) is 50.0 Å². The maximum Gasteiger partial charge on any atom is 0.331 e. The summed E-state index contributed by atoms with van der Waals surface area (Å²) < 4.78 is 34.7. The number of nitrogens with one attached hydrogen (secondary N) is 2. The number of hydrogen-bond acceptors (Lipinski definition) is 7. The molecule has 0 bridgehead atoms. The highest BCUT2D eigenvalue weighted by molar-refractivity contribution is 7.90. The van der Waals surface area contributed by atoms with Crippen LogP contribution in [-0.4, -0.2) is 57.1 Å². The van der Waals surface area contributed by atoms with E-state index in [1.807, 2.05) is 0 Å². The van der Waals surface area contributed by atoms with Crippen LogP contribution in [0.15, 0.2) is 18.2 Å². The van der Waals surface area contributed by atoms with Crippen molar-refractivity contribution in [2.75, 3.05) is 13.2 Å². The Morgan fingerprint density at radius 1 is 1.29 bits per heavy atom. The second-order valence-corrected chi connectivity index (χ2v) is 12.3. The fraction of sp³-hybridized carbons (Fsp3) is 0.583. The van der Waals surface area contributed by atoms with E-state index in [-0.39, 0.29) is 6.42 Å². The van der Waals surface area contributed by atoms with Gasteiger partial charge in [-0.25, -0.2) is 9.18 Å². The Kier molecular flexibility index (Phi) is 7.07. The largest absolute Gasteiger partial charge is 0.598 e. The summed E-state index contributed by atoms with van der Waals surface area (Å²) in [6, 6.07) is 2.91. The van der Waals surface area contributed by atoms with Gasteiger partial charge in [-0.1, -0.05) is 6.07 Å². The molecule has 3 atom stereocenters. The first kappa shape index (κ1) is 25.7. The molecule has 4 rings (SSSR count). The van der Waals surface area contributed by atoms with Gasteiger partial charge in [0.05, 0.1) is 5.54 Å². The molecule has 2 fully saturated rings. The number of urea groups is 1. The summed E-state index contributed by atoms with van der Waals surface area (Å²) in [7, 11) is 0. The predicted molar refractivity (Wildman–Crippen MR) is 125 cm³/mol. The average Bonchev–Trinajstić information content (AvgIpc) is 3.10. The van der Waals surface area contributed by atoms with Crippen LogP contribution < -0.4 is 10.0 Å². The zero-order valence-corrected chi connectivity index (χ0v) is 20.8. The Morgan fingerprint density at radius 3 is 2.63 bits per heavy atom. The Balaban J connectivity index is 1.64. The Labute approximate surface area is 206 Å². The number of carbonyl (C=O) groups is 4. The number of benzene rings is 1. The van der Waals surface area contributed by atoms with Crippen molar-refractivity contribution in [3.05, 3.63) is 35.1 Å². The summed E-state index contributed by atoms with van der Waals surface area (Å²) in [5.74, 6) is -4.61. The van der Waals surface area contributed by atoms with E-state index in [2.05, 4.69) is 10.0 Å². The summed E-state index contributed by atoms with van der Waals surface area (Å²) in [6.45, 7) is 6.07. The van der Waals surface area contributed by atoms with Crippen LogP contribution in [0.1, 0.15) is 57.6 Å². The molecule has 3 aliphatic rings. The van der Waals surface area contributed by atoms with Gasteiger partial charge < -0.3 is 9.29 Å². The van der Waals surface area contributed by atoms with Crippen molar-refractivity contribution < 1.29 is 32.9 Å². The third kappa shape index (κ3) is 5.00. The predicted octanol–water partition coefficient (Wildman–Crippen LogP) is 1.85. The number of hydrogen-bond donors (Lipinski definition) is 2. The highest BCUT2D eigenvalue weighted by Crippen LogP contribution is 2.42. The lowest BCUT2D eigenvalue weighted by molar-refractivity contribution is -0.150. The van der Waals surface area contributed by atoms with Crippen LogP contribution in [0.5, 0.6) is 0 Å². The van der Waals surface area contributed by atoms with Gasteiger partial charge in [0, 0.05) is 37.0 Å². The molecule has 35 heavy (non-hydrogen) atoms. The average molecular weight is 508 g/mol. The number of aryl methyl sites for hydroxylation is 1. The minimum Gasteiger partial charge on any atom is -0.598 e. The van der Waals surface area contributed by atoms with Gasteiger partial charge in [-0.3, -0.25) is 24.6 Å². The smallest absolute Gasteiger partial charge is 0.331 e. The normalized spacial score (nSPS) is 26.5. The maximum atomic E-state index is 13.9. The second kappa shape index (κ2) is 9.61. The maximum absolute atomic E-state index is 13.9. The molecular formula is C24H30FN3O6S. The first-order valence-corrected chi connectivity index (χ1v) is 12.8. The number of barbiturate groups is 1. The van der Waals surface area contributed by atoms with Gasteiger partial charge in [-0.05, 0) is 69.7 Å². The van der Waals surface area contributed by atoms with E-state index < -0.39 is 63.1 Å². The molecule has 9 nitrogen and oxygen atoms in total. The lowest BCUT2D eigenvalue weighted by Crippen LogP contribution is -2.63. The summed E-state index contributed by atoms with van der Waals surface area (Å²) in [5.41, 5.74) is 0.143. The van der Waals surface area contributed by atoms with Gasteiger partial charge in [0.15, 0.2) is 11.7 Å². The molecule has 2 saturated heterocycles. The molecule has 1 aromatic carbocycles. The third-order valence-corrected chi connectivity index (χ3v) is 8.49. The van der Waals surface area contributed by atoms with Crippen molar-refractivity contribution in [2.24, 2.45) is 5.92 Å². The highest BCUT2D eigenvalue weighted by Gasteiger charge is 2.52. The molecule has 2 N–H and O–H groups in total. The molecule has 0 aromatic heterocycles. The summed E-state index contributed by atoms with van der Waals surface area (Å²) in [4.78, 5) is 53.0. The van der Waals surface area contributed by atoms with E-state index in [1.54, 1.807) is 26.8 Å². The van der Waals surface area contributed by atoms with E-state index in [4.69, 9.17) is 4.74 Å². The zero-order chi connectivity index (χ0) is 25.5. The van der Waals surface area contributed by atoms with Gasteiger partial charge in [-0.15, -0.1) is 4.72 Å². The number of fused-ring (bicyclic) bond motifs is 1.